The molecular weight excluding hydrogens is 256 g/mol. The summed E-state index contributed by atoms with van der Waals surface area (Å²) in [5.41, 5.74) is 3.42. The van der Waals surface area contributed by atoms with Gasteiger partial charge in [0.2, 0.25) is 0 Å². The van der Waals surface area contributed by atoms with E-state index in [-0.39, 0.29) is 0 Å². The fourth-order valence-corrected chi connectivity index (χ4v) is 4.29. The number of anilines is 1. The summed E-state index contributed by atoms with van der Waals surface area (Å²) in [6, 6.07) is 9.68. The van der Waals surface area contributed by atoms with E-state index in [1.807, 2.05) is 0 Å². The molecule has 2 aliphatic rings. The highest BCUT2D eigenvalue weighted by molar-refractivity contribution is 5.56. The van der Waals surface area contributed by atoms with Crippen LogP contribution in [0, 0.1) is 0 Å². The van der Waals surface area contributed by atoms with Gasteiger partial charge in [-0.1, -0.05) is 37.5 Å². The Morgan fingerprint density at radius 1 is 1.19 bits per heavy atom. The van der Waals surface area contributed by atoms with Crippen molar-refractivity contribution in [2.24, 2.45) is 0 Å². The summed E-state index contributed by atoms with van der Waals surface area (Å²) in [6.07, 6.45) is 10.7. The second-order valence-electron chi connectivity index (χ2n) is 7.05. The van der Waals surface area contributed by atoms with E-state index in [0.29, 0.717) is 11.6 Å². The number of hydrogen-bond donors (Lipinski definition) is 1. The Hall–Kier alpha value is -1.02. The van der Waals surface area contributed by atoms with E-state index in [1.54, 1.807) is 0 Å². The van der Waals surface area contributed by atoms with Crippen LogP contribution in [-0.2, 0) is 6.42 Å². The van der Waals surface area contributed by atoms with E-state index < -0.39 is 0 Å². The molecule has 1 aliphatic heterocycles. The number of nitrogens with one attached hydrogen (secondary N) is 1. The molecule has 1 fully saturated rings. The largest absolute Gasteiger partial charge is 0.369 e. The lowest BCUT2D eigenvalue weighted by molar-refractivity contribution is 0.230. The molecule has 2 heteroatoms. The van der Waals surface area contributed by atoms with Crippen LogP contribution in [-0.4, -0.2) is 25.2 Å². The molecule has 2 nitrogen and oxygen atoms in total. The summed E-state index contributed by atoms with van der Waals surface area (Å²) >= 11 is 0. The van der Waals surface area contributed by atoms with E-state index in [2.05, 4.69) is 48.5 Å². The Morgan fingerprint density at radius 3 is 2.71 bits per heavy atom. The molecule has 1 aromatic rings. The van der Waals surface area contributed by atoms with E-state index in [1.165, 1.54) is 69.2 Å². The quantitative estimate of drug-likeness (QED) is 0.895. The van der Waals surface area contributed by atoms with Crippen LogP contribution in [0.1, 0.15) is 57.4 Å². The van der Waals surface area contributed by atoms with Crippen molar-refractivity contribution in [2.75, 3.05) is 18.5 Å². The van der Waals surface area contributed by atoms with Crippen LogP contribution in [0.4, 0.5) is 5.69 Å². The molecule has 116 valence electrons. The van der Waals surface area contributed by atoms with Crippen molar-refractivity contribution in [3.8, 4) is 0 Å². The van der Waals surface area contributed by atoms with E-state index in [0.717, 1.165) is 0 Å². The Morgan fingerprint density at radius 2 is 1.95 bits per heavy atom. The molecule has 0 bridgehead atoms. The van der Waals surface area contributed by atoms with Crippen LogP contribution in [0.2, 0.25) is 0 Å². The number of rotatable bonds is 4. The van der Waals surface area contributed by atoms with Crippen molar-refractivity contribution in [2.45, 2.75) is 69.9 Å². The third-order valence-electron chi connectivity index (χ3n) is 5.84. The summed E-state index contributed by atoms with van der Waals surface area (Å²) in [4.78, 5) is 2.66. The molecule has 21 heavy (non-hydrogen) atoms. The topological polar surface area (TPSA) is 15.3 Å². The molecule has 1 aliphatic carbocycles. The van der Waals surface area contributed by atoms with Gasteiger partial charge in [-0.15, -0.1) is 0 Å². The maximum absolute atomic E-state index is 3.67. The first-order valence-corrected chi connectivity index (χ1v) is 8.78. The molecule has 0 saturated heterocycles. The van der Waals surface area contributed by atoms with Crippen molar-refractivity contribution in [3.63, 3.8) is 0 Å². The van der Waals surface area contributed by atoms with Crippen molar-refractivity contribution in [1.82, 2.24) is 5.32 Å². The summed E-state index contributed by atoms with van der Waals surface area (Å²) in [7, 11) is 2.17. The lowest BCUT2D eigenvalue weighted by atomic mass is 9.79. The standard InChI is InChI=1S/C19H30N2/c1-16-10-11-17-8-4-5-9-18(17)21(16)15-14-19(20-2)12-6-3-7-13-19/h4-5,8-9,16,20H,3,6-7,10-15H2,1-2H3. The third-order valence-corrected chi connectivity index (χ3v) is 5.84. The van der Waals surface area contributed by atoms with Gasteiger partial charge in [-0.3, -0.25) is 0 Å². The van der Waals surface area contributed by atoms with Crippen LogP contribution in [0.5, 0.6) is 0 Å². The van der Waals surface area contributed by atoms with Crippen LogP contribution in [0.3, 0.4) is 0 Å². The first-order valence-electron chi connectivity index (χ1n) is 8.78. The third kappa shape index (κ3) is 3.11. The SMILES string of the molecule is CNC1(CCN2c3ccccc3CCC2C)CCCCC1. The van der Waals surface area contributed by atoms with Crippen LogP contribution >= 0.6 is 0 Å². The second-order valence-corrected chi connectivity index (χ2v) is 7.05. The van der Waals surface area contributed by atoms with Gasteiger partial charge < -0.3 is 10.2 Å². The molecule has 1 saturated carbocycles. The Kier molecular flexibility index (Phi) is 4.54. The first-order chi connectivity index (χ1) is 10.2. The van der Waals surface area contributed by atoms with Crippen molar-refractivity contribution < 1.29 is 0 Å². The fourth-order valence-electron chi connectivity index (χ4n) is 4.29. The Labute approximate surface area is 129 Å². The zero-order valence-electron chi connectivity index (χ0n) is 13.7. The fraction of sp³-hybridized carbons (Fsp3) is 0.684. The van der Waals surface area contributed by atoms with Gasteiger partial charge in [-0.25, -0.2) is 0 Å². The monoisotopic (exact) mass is 286 g/mol. The smallest absolute Gasteiger partial charge is 0.0401 e. The van der Waals surface area contributed by atoms with Gasteiger partial charge in [0.25, 0.3) is 0 Å². The number of para-hydroxylation sites is 1. The summed E-state index contributed by atoms with van der Waals surface area (Å²) < 4.78 is 0. The Bertz CT molecular complexity index is 462. The van der Waals surface area contributed by atoms with Gasteiger partial charge in [-0.2, -0.15) is 0 Å². The first kappa shape index (κ1) is 14.9. The lowest BCUT2D eigenvalue weighted by Gasteiger charge is -2.42. The van der Waals surface area contributed by atoms with Gasteiger partial charge in [0.15, 0.2) is 0 Å². The number of fused-ring (bicyclic) bond motifs is 1. The summed E-state index contributed by atoms with van der Waals surface area (Å²) in [5, 5.41) is 3.67. The zero-order chi connectivity index (χ0) is 14.7. The molecular formula is C19H30N2. The molecule has 1 N–H and O–H groups in total. The molecule has 1 heterocycles. The average molecular weight is 286 g/mol. The summed E-state index contributed by atoms with van der Waals surface area (Å²) in [6.45, 7) is 3.59. The molecule has 1 atom stereocenters. The van der Waals surface area contributed by atoms with Gasteiger partial charge >= 0.3 is 0 Å². The van der Waals surface area contributed by atoms with E-state index in [9.17, 15) is 0 Å². The van der Waals surface area contributed by atoms with Crippen LogP contribution in [0.25, 0.3) is 0 Å². The second kappa shape index (κ2) is 6.39. The van der Waals surface area contributed by atoms with Gasteiger partial charge in [0.05, 0.1) is 0 Å². The minimum Gasteiger partial charge on any atom is -0.369 e. The minimum atomic E-state index is 0.393. The summed E-state index contributed by atoms with van der Waals surface area (Å²) in [5.74, 6) is 0. The highest BCUT2D eigenvalue weighted by Gasteiger charge is 2.32. The van der Waals surface area contributed by atoms with Gasteiger partial charge in [-0.05, 0) is 57.7 Å². The van der Waals surface area contributed by atoms with Crippen LogP contribution in [0.15, 0.2) is 24.3 Å². The van der Waals surface area contributed by atoms with Crippen molar-refractivity contribution in [3.05, 3.63) is 29.8 Å². The molecule has 0 radical (unpaired) electrons. The molecule has 3 rings (SSSR count). The van der Waals surface area contributed by atoms with E-state index >= 15 is 0 Å². The predicted octanol–water partition coefficient (Wildman–Crippen LogP) is 4.14. The molecule has 1 aromatic carbocycles. The van der Waals surface area contributed by atoms with Crippen LogP contribution < -0.4 is 10.2 Å². The highest BCUT2D eigenvalue weighted by Crippen LogP contribution is 2.34. The maximum atomic E-state index is 3.67. The molecule has 0 amide bonds. The zero-order valence-corrected chi connectivity index (χ0v) is 13.7. The lowest BCUT2D eigenvalue weighted by Crippen LogP contribution is -2.48. The minimum absolute atomic E-state index is 0.393. The predicted molar refractivity (Wildman–Crippen MR) is 91.1 cm³/mol. The number of aryl methyl sites for hydroxylation is 1. The number of benzene rings is 1. The normalized spacial score (nSPS) is 24.7. The molecule has 0 aromatic heterocycles. The van der Waals surface area contributed by atoms with Crippen molar-refractivity contribution >= 4 is 5.69 Å². The molecule has 0 spiro atoms. The van der Waals surface area contributed by atoms with Crippen molar-refractivity contribution in [1.29, 1.82) is 0 Å². The number of nitrogens with zero attached hydrogens (tertiary/aromatic N) is 1. The van der Waals surface area contributed by atoms with E-state index in [4.69, 9.17) is 0 Å². The Balaban J connectivity index is 1.72. The molecule has 1 unspecified atom stereocenters. The maximum Gasteiger partial charge on any atom is 0.0401 e. The average Bonchev–Trinajstić information content (AvgIpc) is 2.55. The highest BCUT2D eigenvalue weighted by atomic mass is 15.2. The van der Waals surface area contributed by atoms with Gasteiger partial charge in [0.1, 0.15) is 0 Å². The number of hydrogen-bond acceptors (Lipinski definition) is 2. The van der Waals surface area contributed by atoms with Gasteiger partial charge in [0, 0.05) is 23.8 Å².